The van der Waals surface area contributed by atoms with Crippen molar-refractivity contribution in [1.29, 1.82) is 0 Å². The van der Waals surface area contributed by atoms with E-state index in [1.54, 1.807) is 18.2 Å². The lowest BCUT2D eigenvalue weighted by atomic mass is 9.74. The molecule has 1 unspecified atom stereocenters. The van der Waals surface area contributed by atoms with Gasteiger partial charge in [0.1, 0.15) is 0 Å². The van der Waals surface area contributed by atoms with Crippen LogP contribution < -0.4 is 15.5 Å². The monoisotopic (exact) mass is 546 g/mol. The molecule has 3 aromatic carbocycles. The van der Waals surface area contributed by atoms with Crippen LogP contribution in [0.25, 0.3) is 0 Å². The summed E-state index contributed by atoms with van der Waals surface area (Å²) >= 11 is 0. The summed E-state index contributed by atoms with van der Waals surface area (Å²) in [5.74, 6) is 0.192. The van der Waals surface area contributed by atoms with Crippen LogP contribution in [0.2, 0.25) is 0 Å². The van der Waals surface area contributed by atoms with Crippen molar-refractivity contribution in [2.75, 3.05) is 29.9 Å². The summed E-state index contributed by atoms with van der Waals surface area (Å²) < 4.78 is 47.4. The van der Waals surface area contributed by atoms with Crippen LogP contribution in [-0.4, -0.2) is 35.4 Å². The van der Waals surface area contributed by atoms with Crippen LogP contribution in [-0.2, 0) is 24.1 Å². The third kappa shape index (κ3) is 5.21. The Morgan fingerprint density at radius 1 is 0.949 bits per heavy atom. The fraction of sp³-hybridized carbons (Fsp3) is 0.400. The maximum Gasteiger partial charge on any atom is 0.493 e. The Morgan fingerprint density at radius 3 is 2.41 bits per heavy atom. The molecule has 6 rings (SSSR count). The molecule has 3 heterocycles. The highest BCUT2D eigenvalue weighted by molar-refractivity contribution is 7.92. The highest BCUT2D eigenvalue weighted by atomic mass is 32.2. The predicted octanol–water partition coefficient (Wildman–Crippen LogP) is 5.12. The molecule has 0 radical (unpaired) electrons. The fourth-order valence-electron chi connectivity index (χ4n) is 5.71. The summed E-state index contributed by atoms with van der Waals surface area (Å²) in [4.78, 5) is 0.231. The number of ether oxygens (including phenoxy) is 1. The average Bonchev–Trinajstić information content (AvgIpc) is 3.41. The number of rotatable bonds is 5. The third-order valence-electron chi connectivity index (χ3n) is 8.09. The Morgan fingerprint density at radius 2 is 1.69 bits per heavy atom. The fourth-order valence-corrected chi connectivity index (χ4v) is 6.80. The Bertz CT molecular complexity index is 1480. The molecule has 2 fully saturated rings. The second-order valence-corrected chi connectivity index (χ2v) is 13.5. The number of nitrogens with one attached hydrogen (secondary N) is 2. The molecule has 2 saturated heterocycles. The molecule has 3 aliphatic rings. The summed E-state index contributed by atoms with van der Waals surface area (Å²) in [5.41, 5.74) is 6.70. The Balaban J connectivity index is 1.23. The first-order valence-corrected chi connectivity index (χ1v) is 15.0. The van der Waals surface area contributed by atoms with Gasteiger partial charge in [-0.05, 0) is 72.8 Å². The van der Waals surface area contributed by atoms with Crippen molar-refractivity contribution >= 4 is 34.0 Å². The summed E-state index contributed by atoms with van der Waals surface area (Å²) in [6.07, 6.45) is 0.723. The van der Waals surface area contributed by atoms with Crippen LogP contribution in [0.15, 0.2) is 65.6 Å². The SMILES string of the molecule is Cc1ccc(NS(=O)(=O)c2ccc3c(c2)[C@H]2OCC[C@H]2C(c2ccc(B4OCC(C)(C)CO4)cc2)N3)cc1C. The van der Waals surface area contributed by atoms with Gasteiger partial charge in [0.25, 0.3) is 10.0 Å². The zero-order valence-electron chi connectivity index (χ0n) is 22.9. The van der Waals surface area contributed by atoms with Gasteiger partial charge >= 0.3 is 7.12 Å². The molecule has 2 N–H and O–H groups in total. The molecule has 0 aliphatic carbocycles. The van der Waals surface area contributed by atoms with E-state index in [-0.39, 0.29) is 35.5 Å². The van der Waals surface area contributed by atoms with Crippen molar-refractivity contribution < 1.29 is 22.5 Å². The van der Waals surface area contributed by atoms with Crippen molar-refractivity contribution in [3.8, 4) is 0 Å². The second-order valence-electron chi connectivity index (χ2n) is 11.8. The minimum Gasteiger partial charge on any atom is -0.407 e. The normalized spacial score (nSPS) is 24.0. The Hall–Kier alpha value is -2.85. The summed E-state index contributed by atoms with van der Waals surface area (Å²) in [6.45, 7) is 10.2. The summed E-state index contributed by atoms with van der Waals surface area (Å²) in [6, 6.07) is 19.3. The number of aryl methyl sites for hydroxylation is 2. The smallest absolute Gasteiger partial charge is 0.407 e. The van der Waals surface area contributed by atoms with Crippen LogP contribution in [0.1, 0.15) is 54.7 Å². The van der Waals surface area contributed by atoms with Gasteiger partial charge in [-0.15, -0.1) is 0 Å². The molecule has 0 bridgehead atoms. The van der Waals surface area contributed by atoms with Gasteiger partial charge in [0.05, 0.1) is 17.0 Å². The van der Waals surface area contributed by atoms with Gasteiger partial charge in [0, 0.05) is 48.1 Å². The molecule has 0 spiro atoms. The van der Waals surface area contributed by atoms with Gasteiger partial charge in [-0.3, -0.25) is 4.72 Å². The first-order chi connectivity index (χ1) is 18.6. The van der Waals surface area contributed by atoms with Crippen LogP contribution in [0, 0.1) is 25.2 Å². The molecular weight excluding hydrogens is 511 g/mol. The number of fused-ring (bicyclic) bond motifs is 3. The van der Waals surface area contributed by atoms with E-state index in [0.717, 1.165) is 39.8 Å². The quantitative estimate of drug-likeness (QED) is 0.433. The van der Waals surface area contributed by atoms with Gasteiger partial charge < -0.3 is 19.4 Å². The summed E-state index contributed by atoms with van der Waals surface area (Å²) in [7, 11) is -4.09. The van der Waals surface area contributed by atoms with Crippen LogP contribution in [0.3, 0.4) is 0 Å². The molecule has 3 atom stereocenters. The Kier molecular flexibility index (Phi) is 6.74. The minimum atomic E-state index is -3.75. The minimum absolute atomic E-state index is 0.0301. The maximum atomic E-state index is 13.3. The van der Waals surface area contributed by atoms with E-state index >= 15 is 0 Å². The average molecular weight is 546 g/mol. The van der Waals surface area contributed by atoms with E-state index in [4.69, 9.17) is 14.0 Å². The van der Waals surface area contributed by atoms with Crippen LogP contribution in [0.4, 0.5) is 11.4 Å². The van der Waals surface area contributed by atoms with E-state index < -0.39 is 10.0 Å². The van der Waals surface area contributed by atoms with E-state index in [1.807, 2.05) is 32.0 Å². The van der Waals surface area contributed by atoms with Crippen molar-refractivity contribution in [3.63, 3.8) is 0 Å². The third-order valence-corrected chi connectivity index (χ3v) is 9.47. The molecule has 3 aliphatic heterocycles. The molecule has 0 amide bonds. The van der Waals surface area contributed by atoms with Crippen LogP contribution >= 0.6 is 0 Å². The predicted molar refractivity (Wildman–Crippen MR) is 154 cm³/mol. The Labute approximate surface area is 231 Å². The summed E-state index contributed by atoms with van der Waals surface area (Å²) in [5, 5.41) is 3.68. The van der Waals surface area contributed by atoms with Crippen molar-refractivity contribution in [1.82, 2.24) is 0 Å². The van der Waals surface area contributed by atoms with Gasteiger partial charge in [0.15, 0.2) is 0 Å². The van der Waals surface area contributed by atoms with Crippen molar-refractivity contribution in [2.24, 2.45) is 11.3 Å². The maximum absolute atomic E-state index is 13.3. The number of sulfonamides is 1. The van der Waals surface area contributed by atoms with Crippen LogP contribution in [0.5, 0.6) is 0 Å². The van der Waals surface area contributed by atoms with Gasteiger partial charge in [0.2, 0.25) is 0 Å². The van der Waals surface area contributed by atoms with E-state index in [1.165, 1.54) is 0 Å². The van der Waals surface area contributed by atoms with Gasteiger partial charge in [-0.25, -0.2) is 8.42 Å². The lowest BCUT2D eigenvalue weighted by molar-refractivity contribution is 0.0343. The lowest BCUT2D eigenvalue weighted by Gasteiger charge is -2.37. The molecule has 9 heteroatoms. The second kappa shape index (κ2) is 9.96. The molecule has 7 nitrogen and oxygen atoms in total. The number of hydrogen-bond acceptors (Lipinski definition) is 6. The molecule has 0 aromatic heterocycles. The van der Waals surface area contributed by atoms with E-state index in [9.17, 15) is 8.42 Å². The first kappa shape index (κ1) is 26.4. The molecular formula is C30H35BN2O5S. The number of anilines is 2. The highest BCUT2D eigenvalue weighted by Crippen LogP contribution is 2.50. The van der Waals surface area contributed by atoms with Gasteiger partial charge in [-0.1, -0.05) is 44.2 Å². The standard InChI is InChI=1S/C30H35BN2O5S/c1-19-5-10-23(15-20(19)2)33-39(34,35)24-11-12-27-26(16-24)29-25(13-14-36-29)28(32-27)21-6-8-22(9-7-21)31-37-17-30(3,4)18-38-31/h5-12,15-16,25,28-29,32-33H,13-14,17-18H2,1-4H3/t25-,28?,29-/m0/s1. The molecule has 204 valence electrons. The molecule has 39 heavy (non-hydrogen) atoms. The zero-order valence-corrected chi connectivity index (χ0v) is 23.7. The van der Waals surface area contributed by atoms with Crippen molar-refractivity contribution in [2.45, 2.75) is 51.2 Å². The first-order valence-electron chi connectivity index (χ1n) is 13.5. The van der Waals surface area contributed by atoms with Crippen molar-refractivity contribution in [3.05, 3.63) is 82.9 Å². The van der Waals surface area contributed by atoms with Gasteiger partial charge in [-0.2, -0.15) is 0 Å². The largest absolute Gasteiger partial charge is 0.493 e. The number of hydrogen-bond donors (Lipinski definition) is 2. The zero-order chi connectivity index (χ0) is 27.4. The highest BCUT2D eigenvalue weighted by Gasteiger charge is 2.42. The van der Waals surface area contributed by atoms with E-state index in [2.05, 4.69) is 48.2 Å². The molecule has 0 saturated carbocycles. The molecule has 3 aromatic rings. The van der Waals surface area contributed by atoms with E-state index in [0.29, 0.717) is 25.5 Å². The topological polar surface area (TPSA) is 85.9 Å². The lowest BCUT2D eigenvalue weighted by Crippen LogP contribution is -2.47. The number of benzene rings is 3.